The van der Waals surface area contributed by atoms with E-state index in [9.17, 15) is 0 Å². The van der Waals surface area contributed by atoms with Gasteiger partial charge < -0.3 is 4.89 Å². The monoisotopic (exact) mass is 112 g/mol. The minimum Gasteiger partial charge on any atom is -0.345 e. The first-order valence-electron chi connectivity index (χ1n) is 2.95. The first-order valence-corrected chi connectivity index (χ1v) is 2.95. The molecule has 1 aliphatic heterocycles. The van der Waals surface area contributed by atoms with Gasteiger partial charge in [0.15, 0.2) is 0 Å². The molecule has 0 saturated heterocycles. The molecule has 1 saturated carbocycles. The zero-order valence-electron chi connectivity index (χ0n) is 4.59. The van der Waals surface area contributed by atoms with Gasteiger partial charge in [-0.1, -0.05) is 0 Å². The van der Waals surface area contributed by atoms with Gasteiger partial charge in [0, 0.05) is 6.42 Å². The van der Waals surface area contributed by atoms with Crippen molar-refractivity contribution in [1.82, 2.24) is 0 Å². The highest BCUT2D eigenvalue weighted by atomic mass is 17.2. The Hall–Kier alpha value is -0.500. The van der Waals surface area contributed by atoms with Gasteiger partial charge in [-0.3, -0.25) is 0 Å². The molecule has 0 spiro atoms. The van der Waals surface area contributed by atoms with Gasteiger partial charge >= 0.3 is 0 Å². The lowest BCUT2D eigenvalue weighted by molar-refractivity contribution is -0.286. The van der Waals surface area contributed by atoms with Crippen molar-refractivity contribution in [3.8, 4) is 0 Å². The van der Waals surface area contributed by atoms with Crippen LogP contribution in [0.25, 0.3) is 0 Å². The summed E-state index contributed by atoms with van der Waals surface area (Å²) in [5.74, 6) is 0. The molecule has 2 rings (SSSR count). The summed E-state index contributed by atoms with van der Waals surface area (Å²) in [5.41, 5.74) is 1.40. The molecule has 0 aromatic carbocycles. The quantitative estimate of drug-likeness (QED) is 0.441. The van der Waals surface area contributed by atoms with E-state index < -0.39 is 0 Å². The molecular formula is C6H8O2. The van der Waals surface area contributed by atoms with Crippen LogP contribution in [0, 0.1) is 0 Å². The van der Waals surface area contributed by atoms with Crippen molar-refractivity contribution in [1.29, 1.82) is 0 Å². The van der Waals surface area contributed by atoms with Gasteiger partial charge in [0.1, 0.15) is 12.4 Å². The minimum atomic E-state index is 0.370. The van der Waals surface area contributed by atoms with Gasteiger partial charge in [-0.25, -0.2) is 0 Å². The summed E-state index contributed by atoms with van der Waals surface area (Å²) in [4.78, 5) is 9.59. The van der Waals surface area contributed by atoms with Crippen molar-refractivity contribution >= 4 is 0 Å². The second kappa shape index (κ2) is 1.49. The maximum absolute atomic E-state index is 4.89. The van der Waals surface area contributed by atoms with Gasteiger partial charge in [-0.2, -0.15) is 4.89 Å². The third-order valence-electron chi connectivity index (χ3n) is 1.68. The van der Waals surface area contributed by atoms with E-state index >= 15 is 0 Å². The summed E-state index contributed by atoms with van der Waals surface area (Å²) in [6, 6.07) is 0. The molecule has 2 bridgehead atoms. The highest BCUT2D eigenvalue weighted by molar-refractivity contribution is 5.07. The van der Waals surface area contributed by atoms with Crippen LogP contribution in [0.2, 0.25) is 0 Å². The molecule has 1 aliphatic carbocycles. The summed E-state index contributed by atoms with van der Waals surface area (Å²) >= 11 is 0. The van der Waals surface area contributed by atoms with E-state index in [0.29, 0.717) is 6.10 Å². The third kappa shape index (κ3) is 0.530. The molecule has 2 heteroatoms. The zero-order valence-corrected chi connectivity index (χ0v) is 4.59. The Morgan fingerprint density at radius 3 is 3.38 bits per heavy atom. The Labute approximate surface area is 48.0 Å². The molecular weight excluding hydrogens is 104 g/mol. The third-order valence-corrected chi connectivity index (χ3v) is 1.68. The van der Waals surface area contributed by atoms with Crippen molar-refractivity contribution in [3.63, 3.8) is 0 Å². The lowest BCUT2D eigenvalue weighted by Crippen LogP contribution is -2.08. The van der Waals surface area contributed by atoms with Crippen molar-refractivity contribution in [2.24, 2.45) is 0 Å². The average molecular weight is 112 g/mol. The molecule has 0 radical (unpaired) electrons. The van der Waals surface area contributed by atoms with Gasteiger partial charge in [-0.15, -0.1) is 0 Å². The number of rotatable bonds is 0. The molecule has 2 aliphatic rings. The molecule has 0 N–H and O–H groups in total. The van der Waals surface area contributed by atoms with Crippen LogP contribution < -0.4 is 0 Å². The topological polar surface area (TPSA) is 18.5 Å². The predicted octanol–water partition coefficient (Wildman–Crippen LogP) is 1.38. The van der Waals surface area contributed by atoms with E-state index in [1.807, 2.05) is 0 Å². The van der Waals surface area contributed by atoms with Crippen LogP contribution >= 0.6 is 0 Å². The molecule has 44 valence electrons. The second-order valence-corrected chi connectivity index (χ2v) is 2.33. The summed E-state index contributed by atoms with van der Waals surface area (Å²) in [6.07, 6.45) is 5.51. The standard InChI is InChI=1S/C6H8O2/c1-2-6-3-5(1)4-7-8-6/h4,6H,1-3H2. The van der Waals surface area contributed by atoms with Crippen LogP contribution in [0.4, 0.5) is 0 Å². The van der Waals surface area contributed by atoms with E-state index in [2.05, 4.69) is 0 Å². The average Bonchev–Trinajstić information content (AvgIpc) is 2.12. The maximum Gasteiger partial charge on any atom is 0.128 e. The largest absolute Gasteiger partial charge is 0.345 e. The maximum atomic E-state index is 4.89. The van der Waals surface area contributed by atoms with E-state index in [1.54, 1.807) is 6.26 Å². The fraction of sp³-hybridized carbons (Fsp3) is 0.667. The van der Waals surface area contributed by atoms with Crippen LogP contribution in [0.3, 0.4) is 0 Å². The number of fused-ring (bicyclic) bond motifs is 2. The van der Waals surface area contributed by atoms with Gasteiger partial charge in [-0.05, 0) is 18.4 Å². The van der Waals surface area contributed by atoms with Crippen LogP contribution in [-0.4, -0.2) is 6.10 Å². The summed E-state index contributed by atoms with van der Waals surface area (Å²) < 4.78 is 0. The molecule has 0 aromatic rings. The Balaban J connectivity index is 2.22. The highest BCUT2D eigenvalue weighted by Gasteiger charge is 2.24. The molecule has 1 heterocycles. The molecule has 0 amide bonds. The summed E-state index contributed by atoms with van der Waals surface area (Å²) in [7, 11) is 0. The molecule has 1 atom stereocenters. The molecule has 8 heavy (non-hydrogen) atoms. The second-order valence-electron chi connectivity index (χ2n) is 2.33. The number of hydrogen-bond acceptors (Lipinski definition) is 2. The van der Waals surface area contributed by atoms with Crippen LogP contribution in [0.15, 0.2) is 11.8 Å². The fourth-order valence-electron chi connectivity index (χ4n) is 1.21. The van der Waals surface area contributed by atoms with Gasteiger partial charge in [0.05, 0.1) is 0 Å². The van der Waals surface area contributed by atoms with Crippen LogP contribution in [-0.2, 0) is 9.78 Å². The zero-order chi connectivity index (χ0) is 5.40. The molecule has 1 fully saturated rings. The van der Waals surface area contributed by atoms with E-state index in [1.165, 1.54) is 12.0 Å². The Morgan fingerprint density at radius 2 is 2.62 bits per heavy atom. The first kappa shape index (κ1) is 4.39. The lowest BCUT2D eigenvalue weighted by atomic mass is 10.2. The number of hydrogen-bond donors (Lipinski definition) is 0. The molecule has 0 aromatic heterocycles. The Bertz CT molecular complexity index is 126. The predicted molar refractivity (Wildman–Crippen MR) is 27.9 cm³/mol. The Morgan fingerprint density at radius 1 is 1.62 bits per heavy atom. The molecule has 2 nitrogen and oxygen atoms in total. The highest BCUT2D eigenvalue weighted by Crippen LogP contribution is 2.30. The van der Waals surface area contributed by atoms with Gasteiger partial charge in [0.25, 0.3) is 0 Å². The normalized spacial score (nSPS) is 34.0. The fourth-order valence-corrected chi connectivity index (χ4v) is 1.21. The van der Waals surface area contributed by atoms with Crippen molar-refractivity contribution in [3.05, 3.63) is 11.8 Å². The van der Waals surface area contributed by atoms with Gasteiger partial charge in [0.2, 0.25) is 0 Å². The lowest BCUT2D eigenvalue weighted by Gasteiger charge is -2.10. The van der Waals surface area contributed by atoms with Crippen molar-refractivity contribution < 1.29 is 9.78 Å². The first-order chi connectivity index (χ1) is 3.95. The van der Waals surface area contributed by atoms with Crippen LogP contribution in [0.5, 0.6) is 0 Å². The summed E-state index contributed by atoms with van der Waals surface area (Å²) in [5, 5.41) is 0. The smallest absolute Gasteiger partial charge is 0.128 e. The SMILES string of the molecule is C1=C2CCC(C2)OO1. The molecule has 1 unspecified atom stereocenters. The minimum absolute atomic E-state index is 0.370. The summed E-state index contributed by atoms with van der Waals surface area (Å²) in [6.45, 7) is 0. The van der Waals surface area contributed by atoms with Crippen molar-refractivity contribution in [2.75, 3.05) is 0 Å². The van der Waals surface area contributed by atoms with E-state index in [0.717, 1.165) is 12.8 Å². The van der Waals surface area contributed by atoms with Crippen molar-refractivity contribution in [2.45, 2.75) is 25.4 Å². The van der Waals surface area contributed by atoms with E-state index in [4.69, 9.17) is 9.78 Å². The van der Waals surface area contributed by atoms with E-state index in [-0.39, 0.29) is 0 Å². The van der Waals surface area contributed by atoms with Crippen LogP contribution in [0.1, 0.15) is 19.3 Å². The Kier molecular flexibility index (Phi) is 0.815.